The van der Waals surface area contributed by atoms with Gasteiger partial charge in [0.2, 0.25) is 0 Å². The Morgan fingerprint density at radius 3 is 2.40 bits per heavy atom. The molecule has 1 N–H and O–H groups in total. The van der Waals surface area contributed by atoms with E-state index in [0.717, 1.165) is 11.5 Å². The average molecular weight is 160 g/mol. The molecule has 10 heavy (non-hydrogen) atoms. The molecule has 1 fully saturated rings. The smallest absolute Gasteiger partial charge is 0.0748 e. The summed E-state index contributed by atoms with van der Waals surface area (Å²) in [5, 5.41) is 9.80. The lowest BCUT2D eigenvalue weighted by atomic mass is 9.84. The van der Waals surface area contributed by atoms with Crippen LogP contribution in [0.4, 0.5) is 0 Å². The number of hydrogen-bond acceptors (Lipinski definition) is 2. The number of aliphatic hydroxyl groups is 1. The molecule has 1 aliphatic rings. The molecule has 0 aliphatic carbocycles. The lowest BCUT2D eigenvalue weighted by Gasteiger charge is -2.27. The van der Waals surface area contributed by atoms with Crippen molar-refractivity contribution in [1.82, 2.24) is 0 Å². The van der Waals surface area contributed by atoms with Gasteiger partial charge in [0.15, 0.2) is 0 Å². The maximum Gasteiger partial charge on any atom is 0.0748 e. The zero-order valence-electron chi connectivity index (χ0n) is 6.92. The summed E-state index contributed by atoms with van der Waals surface area (Å²) in [4.78, 5) is 0. The lowest BCUT2D eigenvalue weighted by Crippen LogP contribution is -2.36. The Labute approximate surface area is 67.2 Å². The highest BCUT2D eigenvalue weighted by Gasteiger charge is 2.38. The van der Waals surface area contributed by atoms with Crippen LogP contribution in [-0.2, 0) is 0 Å². The van der Waals surface area contributed by atoms with Crippen molar-refractivity contribution in [3.63, 3.8) is 0 Å². The van der Waals surface area contributed by atoms with Gasteiger partial charge in [-0.25, -0.2) is 0 Å². The van der Waals surface area contributed by atoms with Crippen LogP contribution >= 0.6 is 11.8 Å². The van der Waals surface area contributed by atoms with Crippen molar-refractivity contribution in [2.45, 2.75) is 26.4 Å². The minimum atomic E-state index is -0.404. The molecule has 60 valence electrons. The molecule has 0 aromatic carbocycles. The van der Waals surface area contributed by atoms with Gasteiger partial charge in [-0.05, 0) is 24.5 Å². The van der Waals surface area contributed by atoms with E-state index < -0.39 is 5.60 Å². The fourth-order valence-corrected chi connectivity index (χ4v) is 3.33. The second-order valence-corrected chi connectivity index (χ2v) is 4.75. The molecule has 1 nitrogen and oxygen atoms in total. The minimum Gasteiger partial charge on any atom is -0.389 e. The summed E-state index contributed by atoms with van der Waals surface area (Å²) >= 11 is 1.87. The Morgan fingerprint density at radius 2 is 2.20 bits per heavy atom. The van der Waals surface area contributed by atoms with Crippen LogP contribution in [0.2, 0.25) is 0 Å². The summed E-state index contributed by atoms with van der Waals surface area (Å²) in [6.07, 6.45) is 0. The first-order valence-corrected chi connectivity index (χ1v) is 4.99. The van der Waals surface area contributed by atoms with Crippen LogP contribution in [0.15, 0.2) is 0 Å². The van der Waals surface area contributed by atoms with E-state index in [-0.39, 0.29) is 0 Å². The van der Waals surface area contributed by atoms with Crippen LogP contribution in [0.5, 0.6) is 0 Å². The number of rotatable bonds is 1. The van der Waals surface area contributed by atoms with Crippen molar-refractivity contribution < 1.29 is 5.11 Å². The van der Waals surface area contributed by atoms with E-state index in [1.54, 1.807) is 0 Å². The van der Waals surface area contributed by atoms with Crippen molar-refractivity contribution in [2.75, 3.05) is 11.5 Å². The van der Waals surface area contributed by atoms with Gasteiger partial charge in [0.25, 0.3) is 0 Å². The molecule has 1 aliphatic heterocycles. The highest BCUT2D eigenvalue weighted by Crippen LogP contribution is 2.37. The maximum absolute atomic E-state index is 9.80. The van der Waals surface area contributed by atoms with E-state index in [2.05, 4.69) is 13.8 Å². The van der Waals surface area contributed by atoms with Crippen molar-refractivity contribution >= 4 is 11.8 Å². The SMILES string of the molecule is CC(C)C1CSCC1(C)O. The van der Waals surface area contributed by atoms with Crippen LogP contribution in [0.1, 0.15) is 20.8 Å². The molecule has 0 amide bonds. The fourth-order valence-electron chi connectivity index (χ4n) is 1.59. The third kappa shape index (κ3) is 1.48. The molecule has 0 bridgehead atoms. The average Bonchev–Trinajstić information content (AvgIpc) is 2.08. The van der Waals surface area contributed by atoms with Crippen molar-refractivity contribution in [1.29, 1.82) is 0 Å². The monoisotopic (exact) mass is 160 g/mol. The highest BCUT2D eigenvalue weighted by molar-refractivity contribution is 7.99. The predicted molar refractivity (Wildman–Crippen MR) is 46.3 cm³/mol. The second kappa shape index (κ2) is 2.74. The summed E-state index contributed by atoms with van der Waals surface area (Å²) < 4.78 is 0. The Bertz CT molecular complexity index is 120. The van der Waals surface area contributed by atoms with Gasteiger partial charge in [0.1, 0.15) is 0 Å². The molecular formula is C8H16OS. The number of hydrogen-bond donors (Lipinski definition) is 1. The minimum absolute atomic E-state index is 0.404. The molecule has 1 heterocycles. The summed E-state index contributed by atoms with van der Waals surface area (Å²) in [5.74, 6) is 3.16. The largest absolute Gasteiger partial charge is 0.389 e. The molecule has 2 heteroatoms. The summed E-state index contributed by atoms with van der Waals surface area (Å²) in [6.45, 7) is 6.33. The Kier molecular flexibility index (Phi) is 2.31. The normalized spacial score (nSPS) is 41.1. The van der Waals surface area contributed by atoms with E-state index in [9.17, 15) is 5.11 Å². The molecule has 0 aromatic rings. The van der Waals surface area contributed by atoms with E-state index in [4.69, 9.17) is 0 Å². The maximum atomic E-state index is 9.80. The second-order valence-electron chi connectivity index (χ2n) is 3.72. The molecule has 1 rings (SSSR count). The zero-order valence-corrected chi connectivity index (χ0v) is 7.74. The predicted octanol–water partition coefficient (Wildman–Crippen LogP) is 1.76. The molecule has 0 saturated carbocycles. The van der Waals surface area contributed by atoms with Gasteiger partial charge in [-0.2, -0.15) is 11.8 Å². The van der Waals surface area contributed by atoms with Crippen LogP contribution in [0.3, 0.4) is 0 Å². The standard InChI is InChI=1S/C8H16OS/c1-6(2)7-4-10-5-8(7,3)9/h6-7,9H,4-5H2,1-3H3. The van der Waals surface area contributed by atoms with E-state index in [1.807, 2.05) is 18.7 Å². The quantitative estimate of drug-likeness (QED) is 0.630. The molecule has 2 atom stereocenters. The van der Waals surface area contributed by atoms with Gasteiger partial charge in [0, 0.05) is 5.75 Å². The van der Waals surface area contributed by atoms with E-state index >= 15 is 0 Å². The molecule has 0 spiro atoms. The first-order chi connectivity index (χ1) is 4.54. The van der Waals surface area contributed by atoms with Gasteiger partial charge in [-0.1, -0.05) is 13.8 Å². The van der Waals surface area contributed by atoms with E-state index in [0.29, 0.717) is 11.8 Å². The lowest BCUT2D eigenvalue weighted by molar-refractivity contribution is 0.0199. The highest BCUT2D eigenvalue weighted by atomic mass is 32.2. The Morgan fingerprint density at radius 1 is 1.60 bits per heavy atom. The van der Waals surface area contributed by atoms with Gasteiger partial charge in [-0.3, -0.25) is 0 Å². The van der Waals surface area contributed by atoms with Crippen LogP contribution in [0.25, 0.3) is 0 Å². The molecule has 1 saturated heterocycles. The first kappa shape index (κ1) is 8.41. The Hall–Kier alpha value is 0.310. The molecular weight excluding hydrogens is 144 g/mol. The van der Waals surface area contributed by atoms with E-state index in [1.165, 1.54) is 0 Å². The van der Waals surface area contributed by atoms with Gasteiger partial charge >= 0.3 is 0 Å². The summed E-state index contributed by atoms with van der Waals surface area (Å²) in [7, 11) is 0. The van der Waals surface area contributed by atoms with Gasteiger partial charge in [0.05, 0.1) is 5.60 Å². The Balaban J connectivity index is 2.59. The van der Waals surface area contributed by atoms with Crippen LogP contribution in [-0.4, -0.2) is 22.2 Å². The summed E-state index contributed by atoms with van der Waals surface area (Å²) in [5.41, 5.74) is -0.404. The third-order valence-electron chi connectivity index (χ3n) is 2.30. The fraction of sp³-hybridized carbons (Fsp3) is 1.00. The van der Waals surface area contributed by atoms with Crippen LogP contribution < -0.4 is 0 Å². The molecule has 0 aromatic heterocycles. The number of thioether (sulfide) groups is 1. The van der Waals surface area contributed by atoms with Crippen LogP contribution in [0, 0.1) is 11.8 Å². The third-order valence-corrected chi connectivity index (χ3v) is 3.68. The van der Waals surface area contributed by atoms with Gasteiger partial charge < -0.3 is 5.11 Å². The molecule has 2 unspecified atom stereocenters. The first-order valence-electron chi connectivity index (χ1n) is 3.84. The van der Waals surface area contributed by atoms with Crippen molar-refractivity contribution in [2.24, 2.45) is 11.8 Å². The van der Waals surface area contributed by atoms with Crippen molar-refractivity contribution in [3.8, 4) is 0 Å². The molecule has 0 radical (unpaired) electrons. The zero-order chi connectivity index (χ0) is 7.78. The topological polar surface area (TPSA) is 20.2 Å². The van der Waals surface area contributed by atoms with Gasteiger partial charge in [-0.15, -0.1) is 0 Å². The summed E-state index contributed by atoms with van der Waals surface area (Å²) in [6, 6.07) is 0. The van der Waals surface area contributed by atoms with Crippen molar-refractivity contribution in [3.05, 3.63) is 0 Å².